The van der Waals surface area contributed by atoms with E-state index in [0.29, 0.717) is 13.2 Å². The molecule has 0 atom stereocenters. The Morgan fingerprint density at radius 1 is 1.40 bits per heavy atom. The second kappa shape index (κ2) is 5.26. The highest BCUT2D eigenvalue weighted by molar-refractivity contribution is 5.94. The summed E-state index contributed by atoms with van der Waals surface area (Å²) >= 11 is 0. The minimum Gasteiger partial charge on any atom is -0.491 e. The number of hydrazine groups is 1. The molecule has 2 aromatic rings. The van der Waals surface area contributed by atoms with Crippen LogP contribution in [0.25, 0.3) is 10.9 Å². The van der Waals surface area contributed by atoms with Gasteiger partial charge in [-0.05, 0) is 32.0 Å². The van der Waals surface area contributed by atoms with Gasteiger partial charge in [0.05, 0.1) is 36.2 Å². The van der Waals surface area contributed by atoms with Gasteiger partial charge in [0, 0.05) is 17.4 Å². The second-order valence-corrected chi connectivity index (χ2v) is 5.20. The van der Waals surface area contributed by atoms with Crippen molar-refractivity contribution < 1.29 is 9.47 Å². The second-order valence-electron chi connectivity index (χ2n) is 5.20. The van der Waals surface area contributed by atoms with E-state index < -0.39 is 0 Å². The molecule has 0 radical (unpaired) electrons. The lowest BCUT2D eigenvalue weighted by atomic mass is 10.0. The number of nitrogen functional groups attached to an aromatic ring is 1. The van der Waals surface area contributed by atoms with Crippen LogP contribution in [0.4, 0.5) is 5.69 Å². The van der Waals surface area contributed by atoms with E-state index in [0.717, 1.165) is 40.0 Å². The maximum atomic E-state index is 5.74. The molecule has 0 fully saturated rings. The van der Waals surface area contributed by atoms with Gasteiger partial charge in [0.1, 0.15) is 5.75 Å². The lowest BCUT2D eigenvalue weighted by Gasteiger charge is -2.21. The highest BCUT2D eigenvalue weighted by Gasteiger charge is 2.18. The highest BCUT2D eigenvalue weighted by atomic mass is 16.5. The topological polar surface area (TPSA) is 69.4 Å². The van der Waals surface area contributed by atoms with Gasteiger partial charge in [-0.1, -0.05) is 0 Å². The molecule has 3 rings (SSSR count). The molecule has 0 amide bonds. The Morgan fingerprint density at radius 2 is 2.25 bits per heavy atom. The molecule has 0 unspecified atom stereocenters. The van der Waals surface area contributed by atoms with Crippen molar-refractivity contribution in [3.63, 3.8) is 0 Å². The van der Waals surface area contributed by atoms with Gasteiger partial charge in [0.15, 0.2) is 0 Å². The molecule has 5 nitrogen and oxygen atoms in total. The predicted octanol–water partition coefficient (Wildman–Crippen LogP) is 2.38. The summed E-state index contributed by atoms with van der Waals surface area (Å²) in [6.07, 6.45) is 0.958. The van der Waals surface area contributed by atoms with Crippen molar-refractivity contribution in [1.82, 2.24) is 4.98 Å². The molecule has 1 aromatic carbocycles. The minimum atomic E-state index is 0.135. The first-order valence-electron chi connectivity index (χ1n) is 6.85. The van der Waals surface area contributed by atoms with Gasteiger partial charge in [-0.25, -0.2) is 0 Å². The summed E-state index contributed by atoms with van der Waals surface area (Å²) in [5.41, 5.74) is 6.73. The molecule has 1 aliphatic rings. The number of nitrogens with one attached hydrogen (secondary N) is 1. The van der Waals surface area contributed by atoms with E-state index in [4.69, 9.17) is 20.3 Å². The van der Waals surface area contributed by atoms with Crippen LogP contribution in [0.3, 0.4) is 0 Å². The van der Waals surface area contributed by atoms with E-state index in [1.807, 2.05) is 32.0 Å². The van der Waals surface area contributed by atoms with Crippen LogP contribution in [-0.2, 0) is 17.8 Å². The molecule has 0 spiro atoms. The minimum absolute atomic E-state index is 0.135. The molecule has 1 aromatic heterocycles. The largest absolute Gasteiger partial charge is 0.491 e. The third-order valence-electron chi connectivity index (χ3n) is 3.39. The van der Waals surface area contributed by atoms with E-state index in [9.17, 15) is 0 Å². The molecule has 0 saturated carbocycles. The fourth-order valence-electron chi connectivity index (χ4n) is 2.55. The number of hydrogen-bond acceptors (Lipinski definition) is 5. The summed E-state index contributed by atoms with van der Waals surface area (Å²) in [5.74, 6) is 6.54. The maximum absolute atomic E-state index is 5.74. The lowest BCUT2D eigenvalue weighted by molar-refractivity contribution is 0.110. The van der Waals surface area contributed by atoms with Crippen LogP contribution >= 0.6 is 0 Å². The zero-order chi connectivity index (χ0) is 14.1. The Labute approximate surface area is 118 Å². The predicted molar refractivity (Wildman–Crippen MR) is 78.7 cm³/mol. The lowest BCUT2D eigenvalue weighted by Crippen LogP contribution is -2.18. The number of pyridine rings is 1. The molecule has 3 N–H and O–H groups in total. The fraction of sp³-hybridized carbons (Fsp3) is 0.400. The number of ether oxygens (including phenoxy) is 2. The standard InChI is InChI=1S/C15H19N3O2/c1-9(2)20-10-3-4-13-11(7-10)15(18-16)12-8-19-6-5-14(12)17-13/h3-4,7,9H,5-6,8,16H2,1-2H3,(H,17,18). The summed E-state index contributed by atoms with van der Waals surface area (Å²) in [5, 5.41) is 0.968. The average Bonchev–Trinajstić information content (AvgIpc) is 2.44. The van der Waals surface area contributed by atoms with Gasteiger partial charge < -0.3 is 14.9 Å². The van der Waals surface area contributed by atoms with Gasteiger partial charge >= 0.3 is 0 Å². The van der Waals surface area contributed by atoms with Crippen molar-refractivity contribution in [2.24, 2.45) is 5.84 Å². The van der Waals surface area contributed by atoms with Gasteiger partial charge in [-0.15, -0.1) is 0 Å². The number of fused-ring (bicyclic) bond motifs is 2. The molecule has 1 aliphatic heterocycles. The number of anilines is 1. The Hall–Kier alpha value is -1.85. The smallest absolute Gasteiger partial charge is 0.120 e. The van der Waals surface area contributed by atoms with Crippen LogP contribution in [0.5, 0.6) is 5.75 Å². The van der Waals surface area contributed by atoms with E-state index in [1.54, 1.807) is 0 Å². The molecule has 5 heteroatoms. The summed E-state index contributed by atoms with van der Waals surface area (Å²) in [4.78, 5) is 4.71. The molecule has 20 heavy (non-hydrogen) atoms. The van der Waals surface area contributed by atoms with Crippen LogP contribution < -0.4 is 16.0 Å². The molecular weight excluding hydrogens is 254 g/mol. The first-order valence-corrected chi connectivity index (χ1v) is 6.85. The summed E-state index contributed by atoms with van der Waals surface area (Å²) in [7, 11) is 0. The SMILES string of the molecule is CC(C)Oc1ccc2nc3c(c(NN)c2c1)COCC3. The molecular formula is C15H19N3O2. The molecule has 2 heterocycles. The monoisotopic (exact) mass is 273 g/mol. The number of hydrogen-bond donors (Lipinski definition) is 2. The van der Waals surface area contributed by atoms with Crippen LogP contribution in [0, 0.1) is 0 Å². The number of benzene rings is 1. The normalized spacial score (nSPS) is 14.4. The molecule has 0 bridgehead atoms. The third-order valence-corrected chi connectivity index (χ3v) is 3.39. The highest BCUT2D eigenvalue weighted by Crippen LogP contribution is 2.33. The van der Waals surface area contributed by atoms with Gasteiger partial charge in [-0.2, -0.15) is 0 Å². The van der Waals surface area contributed by atoms with E-state index in [2.05, 4.69) is 5.43 Å². The Morgan fingerprint density at radius 3 is 3.00 bits per heavy atom. The Kier molecular flexibility index (Phi) is 3.46. The number of nitrogens with two attached hydrogens (primary N) is 1. The van der Waals surface area contributed by atoms with Gasteiger partial charge in [0.2, 0.25) is 0 Å². The van der Waals surface area contributed by atoms with E-state index >= 15 is 0 Å². The number of aromatic nitrogens is 1. The quantitative estimate of drug-likeness (QED) is 0.663. The van der Waals surface area contributed by atoms with Crippen molar-refractivity contribution in [1.29, 1.82) is 0 Å². The van der Waals surface area contributed by atoms with Gasteiger partial charge in [-0.3, -0.25) is 10.8 Å². The fourth-order valence-corrected chi connectivity index (χ4v) is 2.55. The van der Waals surface area contributed by atoms with Crippen LogP contribution in [0.15, 0.2) is 18.2 Å². The first kappa shape index (κ1) is 13.1. The molecule has 106 valence electrons. The van der Waals surface area contributed by atoms with Crippen molar-refractivity contribution in [2.75, 3.05) is 12.0 Å². The van der Waals surface area contributed by atoms with E-state index in [-0.39, 0.29) is 6.10 Å². The summed E-state index contributed by atoms with van der Waals surface area (Å²) in [6.45, 7) is 5.27. The Bertz CT molecular complexity index is 641. The number of nitrogens with zero attached hydrogens (tertiary/aromatic N) is 1. The van der Waals surface area contributed by atoms with Crippen molar-refractivity contribution >= 4 is 16.6 Å². The zero-order valence-corrected chi connectivity index (χ0v) is 11.8. The van der Waals surface area contributed by atoms with Gasteiger partial charge in [0.25, 0.3) is 0 Å². The maximum Gasteiger partial charge on any atom is 0.120 e. The van der Waals surface area contributed by atoms with Crippen molar-refractivity contribution in [2.45, 2.75) is 33.0 Å². The zero-order valence-electron chi connectivity index (χ0n) is 11.8. The van der Waals surface area contributed by atoms with Crippen LogP contribution in [0.1, 0.15) is 25.1 Å². The Balaban J connectivity index is 2.17. The summed E-state index contributed by atoms with van der Waals surface area (Å²) < 4.78 is 11.3. The molecule has 0 saturated heterocycles. The third kappa shape index (κ3) is 2.30. The van der Waals surface area contributed by atoms with Crippen molar-refractivity contribution in [3.8, 4) is 5.75 Å². The number of rotatable bonds is 3. The average molecular weight is 273 g/mol. The van der Waals surface area contributed by atoms with Crippen molar-refractivity contribution in [3.05, 3.63) is 29.5 Å². The summed E-state index contributed by atoms with van der Waals surface area (Å²) in [6, 6.07) is 5.90. The van der Waals surface area contributed by atoms with E-state index in [1.165, 1.54) is 0 Å². The van der Waals surface area contributed by atoms with Crippen LogP contribution in [0.2, 0.25) is 0 Å². The van der Waals surface area contributed by atoms with Crippen LogP contribution in [-0.4, -0.2) is 17.7 Å². The first-order chi connectivity index (χ1) is 9.69. The molecule has 0 aliphatic carbocycles.